The van der Waals surface area contributed by atoms with Crippen LogP contribution in [0.5, 0.6) is 0 Å². The third-order valence-corrected chi connectivity index (χ3v) is 3.40. The highest BCUT2D eigenvalue weighted by atomic mass is 19.3. The van der Waals surface area contributed by atoms with Gasteiger partial charge >= 0.3 is 0 Å². The summed E-state index contributed by atoms with van der Waals surface area (Å²) in [7, 11) is 1.61. The smallest absolute Gasteiger partial charge is 0.262 e. The number of hydrogen-bond acceptors (Lipinski definition) is 3. The van der Waals surface area contributed by atoms with E-state index in [0.29, 0.717) is 11.4 Å². The number of anilines is 2. The molecule has 0 spiro atoms. The van der Waals surface area contributed by atoms with Gasteiger partial charge in [-0.1, -0.05) is 6.07 Å². The van der Waals surface area contributed by atoms with E-state index in [2.05, 4.69) is 10.6 Å². The van der Waals surface area contributed by atoms with Gasteiger partial charge in [-0.2, -0.15) is 0 Å². The van der Waals surface area contributed by atoms with Crippen LogP contribution in [-0.4, -0.2) is 37.4 Å². The topological polar surface area (TPSA) is 61.4 Å². The summed E-state index contributed by atoms with van der Waals surface area (Å²) in [4.78, 5) is 24.7. The van der Waals surface area contributed by atoms with Crippen molar-refractivity contribution < 1.29 is 18.4 Å². The average molecular weight is 297 g/mol. The van der Waals surface area contributed by atoms with Crippen LogP contribution < -0.4 is 15.5 Å². The maximum Gasteiger partial charge on any atom is 0.262 e. The van der Waals surface area contributed by atoms with Gasteiger partial charge in [-0.3, -0.25) is 14.9 Å². The van der Waals surface area contributed by atoms with Gasteiger partial charge in [0.2, 0.25) is 11.8 Å². The average Bonchev–Trinajstić information content (AvgIpc) is 2.78. The van der Waals surface area contributed by atoms with E-state index in [1.54, 1.807) is 31.3 Å². The molecule has 0 saturated carbocycles. The van der Waals surface area contributed by atoms with Crippen LogP contribution in [0.2, 0.25) is 0 Å². The third-order valence-electron chi connectivity index (χ3n) is 3.40. The molecule has 1 heterocycles. The number of carbonyl (C=O) groups excluding carboxylic acids is 2. The molecule has 0 aromatic heterocycles. The summed E-state index contributed by atoms with van der Waals surface area (Å²) in [6.07, 6.45) is -0.508. The molecule has 1 atom stereocenters. The zero-order valence-corrected chi connectivity index (χ0v) is 11.8. The van der Waals surface area contributed by atoms with E-state index in [1.807, 2.05) is 0 Å². The lowest BCUT2D eigenvalue weighted by Crippen LogP contribution is -2.35. The molecule has 1 aromatic rings. The van der Waals surface area contributed by atoms with Crippen LogP contribution in [-0.2, 0) is 9.59 Å². The molecule has 1 saturated heterocycles. The Labute approximate surface area is 121 Å². The van der Waals surface area contributed by atoms with E-state index in [-0.39, 0.29) is 5.91 Å². The van der Waals surface area contributed by atoms with E-state index in [1.165, 1.54) is 11.8 Å². The first kappa shape index (κ1) is 15.4. The fourth-order valence-corrected chi connectivity index (χ4v) is 2.10. The van der Waals surface area contributed by atoms with Crippen molar-refractivity contribution in [3.05, 3.63) is 24.3 Å². The largest absolute Gasteiger partial charge is 0.325 e. The maximum absolute atomic E-state index is 13.1. The van der Waals surface area contributed by atoms with E-state index in [4.69, 9.17) is 0 Å². The predicted molar refractivity (Wildman–Crippen MR) is 75.5 cm³/mol. The van der Waals surface area contributed by atoms with Crippen molar-refractivity contribution in [2.24, 2.45) is 0 Å². The molecule has 5 nitrogen and oxygen atoms in total. The molecule has 0 bridgehead atoms. The van der Waals surface area contributed by atoms with Crippen molar-refractivity contribution in [3.8, 4) is 0 Å². The van der Waals surface area contributed by atoms with Crippen LogP contribution >= 0.6 is 0 Å². The third kappa shape index (κ3) is 3.75. The quantitative estimate of drug-likeness (QED) is 0.891. The van der Waals surface area contributed by atoms with Gasteiger partial charge in [0.25, 0.3) is 5.92 Å². The molecule has 1 aliphatic rings. The number of rotatable bonds is 3. The molecule has 0 aliphatic carbocycles. The van der Waals surface area contributed by atoms with E-state index in [0.717, 1.165) is 0 Å². The van der Waals surface area contributed by atoms with Gasteiger partial charge < -0.3 is 10.2 Å². The molecule has 7 heteroatoms. The molecule has 2 rings (SSSR count). The monoisotopic (exact) mass is 297 g/mol. The molecule has 1 aliphatic heterocycles. The van der Waals surface area contributed by atoms with E-state index >= 15 is 0 Å². The number of alkyl halides is 2. The zero-order valence-electron chi connectivity index (χ0n) is 11.8. The van der Waals surface area contributed by atoms with Crippen molar-refractivity contribution in [3.63, 3.8) is 0 Å². The molecule has 2 amide bonds. The summed E-state index contributed by atoms with van der Waals surface area (Å²) in [5.74, 6) is -3.50. The highest BCUT2D eigenvalue weighted by molar-refractivity contribution is 5.96. The molecular weight excluding hydrogens is 280 g/mol. The van der Waals surface area contributed by atoms with Gasteiger partial charge in [0.1, 0.15) is 0 Å². The minimum absolute atomic E-state index is 0.143. The van der Waals surface area contributed by atoms with Crippen LogP contribution in [0.15, 0.2) is 24.3 Å². The lowest BCUT2D eigenvalue weighted by atomic mass is 10.1. The lowest BCUT2D eigenvalue weighted by molar-refractivity contribution is -0.118. The summed E-state index contributed by atoms with van der Waals surface area (Å²) >= 11 is 0. The number of amides is 2. The molecule has 114 valence electrons. The summed E-state index contributed by atoms with van der Waals surface area (Å²) in [5, 5.41) is 5.08. The Morgan fingerprint density at radius 3 is 2.71 bits per heavy atom. The molecule has 1 aromatic carbocycles. The Balaban J connectivity index is 2.05. The van der Waals surface area contributed by atoms with Crippen LogP contribution in [0.4, 0.5) is 20.2 Å². The number of hydrogen-bond donors (Lipinski definition) is 2. The van der Waals surface area contributed by atoms with Crippen LogP contribution in [0.1, 0.15) is 13.3 Å². The Bertz CT molecular complexity index is 563. The number of benzene rings is 1. The highest BCUT2D eigenvalue weighted by Crippen LogP contribution is 2.26. The fourth-order valence-electron chi connectivity index (χ4n) is 2.10. The fraction of sp³-hybridized carbons (Fsp3) is 0.429. The number of halogens is 2. The Kier molecular flexibility index (Phi) is 4.22. The van der Waals surface area contributed by atoms with Gasteiger partial charge in [0.15, 0.2) is 0 Å². The van der Waals surface area contributed by atoms with Gasteiger partial charge in [-0.05, 0) is 18.2 Å². The Morgan fingerprint density at radius 2 is 2.14 bits per heavy atom. The summed E-state index contributed by atoms with van der Waals surface area (Å²) in [6, 6.07) is 5.75. The second kappa shape index (κ2) is 5.77. The maximum atomic E-state index is 13.1. The molecule has 1 fully saturated rings. The lowest BCUT2D eigenvalue weighted by Gasteiger charge is -2.17. The number of nitrogens with one attached hydrogen (secondary N) is 2. The minimum atomic E-state index is -2.85. The van der Waals surface area contributed by atoms with E-state index < -0.39 is 30.8 Å². The van der Waals surface area contributed by atoms with Crippen LogP contribution in [0.3, 0.4) is 0 Å². The van der Waals surface area contributed by atoms with Crippen molar-refractivity contribution in [2.45, 2.75) is 25.3 Å². The zero-order chi connectivity index (χ0) is 15.6. The summed E-state index contributed by atoms with van der Waals surface area (Å²) in [6.45, 7) is 0.938. The van der Waals surface area contributed by atoms with Crippen molar-refractivity contribution in [2.75, 3.05) is 23.8 Å². The molecule has 1 unspecified atom stereocenters. The van der Waals surface area contributed by atoms with Crippen molar-refractivity contribution >= 4 is 23.2 Å². The molecule has 0 radical (unpaired) electrons. The number of nitrogens with zero attached hydrogens (tertiary/aromatic N) is 1. The van der Waals surface area contributed by atoms with Crippen molar-refractivity contribution in [1.29, 1.82) is 0 Å². The first-order valence-corrected chi connectivity index (χ1v) is 6.55. The Hall–Kier alpha value is -2.02. The standard InChI is InChI=1S/C14H17F2N3O2/c1-9(20)19(2)11-5-3-4-10(6-11)18-13(21)12-7-14(15,16)8-17-12/h3-6,12,17H,7-8H2,1-2H3,(H,18,21). The van der Waals surface area contributed by atoms with Gasteiger partial charge in [-0.25, -0.2) is 8.78 Å². The highest BCUT2D eigenvalue weighted by Gasteiger charge is 2.42. The minimum Gasteiger partial charge on any atom is -0.325 e. The predicted octanol–water partition coefficient (Wildman–Crippen LogP) is 1.60. The SMILES string of the molecule is CC(=O)N(C)c1cccc(NC(=O)C2CC(F)(F)CN2)c1. The van der Waals surface area contributed by atoms with E-state index in [9.17, 15) is 18.4 Å². The first-order chi connectivity index (χ1) is 9.78. The van der Waals surface area contributed by atoms with Crippen molar-refractivity contribution in [1.82, 2.24) is 5.32 Å². The molecule has 21 heavy (non-hydrogen) atoms. The van der Waals surface area contributed by atoms with Gasteiger partial charge in [0.05, 0.1) is 12.6 Å². The Morgan fingerprint density at radius 1 is 1.43 bits per heavy atom. The molecule has 2 N–H and O–H groups in total. The number of carbonyl (C=O) groups is 2. The first-order valence-electron chi connectivity index (χ1n) is 6.55. The summed E-state index contributed by atoms with van der Waals surface area (Å²) in [5.41, 5.74) is 1.08. The second-order valence-corrected chi connectivity index (χ2v) is 5.11. The normalized spacial score (nSPS) is 20.1. The second-order valence-electron chi connectivity index (χ2n) is 5.11. The van der Waals surface area contributed by atoms with Gasteiger partial charge in [0, 0.05) is 31.8 Å². The summed E-state index contributed by atoms with van der Waals surface area (Å²) < 4.78 is 26.1. The van der Waals surface area contributed by atoms with Gasteiger partial charge in [-0.15, -0.1) is 0 Å². The van der Waals surface area contributed by atoms with Crippen LogP contribution in [0, 0.1) is 0 Å². The van der Waals surface area contributed by atoms with Crippen LogP contribution in [0.25, 0.3) is 0 Å². The molecular formula is C14H17F2N3O2.